The number of hydrogen-bond acceptors (Lipinski definition) is 1. The molecule has 0 radical (unpaired) electrons. The number of carboxylic acids is 1. The Bertz CT molecular complexity index is 206. The minimum Gasteiger partial charge on any atom is -0.478 e. The Labute approximate surface area is 85.3 Å². The molecular weight excluding hydrogens is 204 g/mol. The highest BCUT2D eigenvalue weighted by Gasteiger charge is 2.15. The normalized spacial score (nSPS) is 13.1. The quantitative estimate of drug-likeness (QED) is 0.334. The molecule has 0 bridgehead atoms. The number of rotatable bonds is 5. The Morgan fingerprint density at radius 3 is 2.46 bits per heavy atom. The van der Waals surface area contributed by atoms with Gasteiger partial charge in [0, 0.05) is 5.57 Å². The maximum atomic E-state index is 10.4. The van der Waals surface area contributed by atoms with Crippen LogP contribution in [-0.4, -0.2) is 18.5 Å². The summed E-state index contributed by atoms with van der Waals surface area (Å²) in [4.78, 5) is 10.4. The standard InChI is InChI=1S/C9H17ClO2Si/c1-8(9(11)12)6-4-5-7-13(2,3)10/h6H,4-5,7H2,1-3H3,(H,11,12)/b8-6+. The van der Waals surface area contributed by atoms with Crippen molar-refractivity contribution >= 4 is 24.4 Å². The van der Waals surface area contributed by atoms with Crippen LogP contribution in [0.4, 0.5) is 0 Å². The molecular formula is C9H17ClO2Si. The molecule has 0 aromatic rings. The molecule has 0 aromatic heterocycles. The lowest BCUT2D eigenvalue weighted by Gasteiger charge is -2.10. The van der Waals surface area contributed by atoms with Gasteiger partial charge in [-0.15, -0.1) is 0 Å². The highest BCUT2D eigenvalue weighted by Crippen LogP contribution is 2.17. The van der Waals surface area contributed by atoms with Gasteiger partial charge in [0.05, 0.1) is 0 Å². The molecule has 4 heteroatoms. The van der Waals surface area contributed by atoms with Crippen LogP contribution in [0.25, 0.3) is 0 Å². The van der Waals surface area contributed by atoms with E-state index in [9.17, 15) is 4.79 Å². The third-order valence-corrected chi connectivity index (χ3v) is 3.87. The first kappa shape index (κ1) is 12.7. The van der Waals surface area contributed by atoms with Gasteiger partial charge in [0.15, 0.2) is 7.38 Å². The van der Waals surface area contributed by atoms with Crippen LogP contribution in [0.1, 0.15) is 19.8 Å². The largest absolute Gasteiger partial charge is 0.478 e. The Balaban J connectivity index is 3.68. The summed E-state index contributed by atoms with van der Waals surface area (Å²) in [7, 11) is -1.46. The fourth-order valence-electron chi connectivity index (χ4n) is 0.928. The second-order valence-electron chi connectivity index (χ2n) is 3.80. The molecule has 13 heavy (non-hydrogen) atoms. The number of carbonyl (C=O) groups is 1. The predicted molar refractivity (Wildman–Crippen MR) is 58.8 cm³/mol. The van der Waals surface area contributed by atoms with Crippen LogP contribution in [0.5, 0.6) is 0 Å². The van der Waals surface area contributed by atoms with E-state index in [0.29, 0.717) is 5.57 Å². The van der Waals surface area contributed by atoms with Gasteiger partial charge in [-0.2, -0.15) is 11.1 Å². The van der Waals surface area contributed by atoms with Gasteiger partial charge in [-0.05, 0) is 19.4 Å². The first-order valence-electron chi connectivity index (χ1n) is 4.42. The van der Waals surface area contributed by atoms with Crippen molar-refractivity contribution in [3.05, 3.63) is 11.6 Å². The molecule has 0 aliphatic carbocycles. The van der Waals surface area contributed by atoms with Gasteiger partial charge in [-0.1, -0.05) is 25.6 Å². The molecule has 76 valence electrons. The molecule has 0 spiro atoms. The van der Waals surface area contributed by atoms with E-state index in [1.54, 1.807) is 13.0 Å². The van der Waals surface area contributed by atoms with Gasteiger partial charge in [-0.25, -0.2) is 4.79 Å². The van der Waals surface area contributed by atoms with Gasteiger partial charge in [0.2, 0.25) is 0 Å². The molecule has 0 heterocycles. The molecule has 0 aliphatic rings. The van der Waals surface area contributed by atoms with E-state index >= 15 is 0 Å². The Morgan fingerprint density at radius 2 is 2.08 bits per heavy atom. The van der Waals surface area contributed by atoms with Gasteiger partial charge in [-0.3, -0.25) is 0 Å². The lowest BCUT2D eigenvalue weighted by atomic mass is 10.2. The number of halogens is 1. The van der Waals surface area contributed by atoms with Crippen molar-refractivity contribution in [2.75, 3.05) is 0 Å². The summed E-state index contributed by atoms with van der Waals surface area (Å²) in [6.45, 7) is 5.82. The van der Waals surface area contributed by atoms with Crippen LogP contribution in [0.3, 0.4) is 0 Å². The number of unbranched alkanes of at least 4 members (excludes halogenated alkanes) is 1. The van der Waals surface area contributed by atoms with E-state index in [1.807, 2.05) is 0 Å². The third kappa shape index (κ3) is 8.06. The van der Waals surface area contributed by atoms with E-state index in [-0.39, 0.29) is 0 Å². The smallest absolute Gasteiger partial charge is 0.330 e. The highest BCUT2D eigenvalue weighted by atomic mass is 35.6. The first-order chi connectivity index (χ1) is 5.83. The number of aliphatic carboxylic acids is 1. The average Bonchev–Trinajstić information content (AvgIpc) is 1.95. The zero-order valence-electron chi connectivity index (χ0n) is 8.43. The molecule has 1 N–H and O–H groups in total. The van der Waals surface area contributed by atoms with Gasteiger partial charge < -0.3 is 5.11 Å². The fraction of sp³-hybridized carbons (Fsp3) is 0.667. The molecule has 2 nitrogen and oxygen atoms in total. The maximum absolute atomic E-state index is 10.4. The number of carboxylic acid groups (broad SMARTS) is 1. The van der Waals surface area contributed by atoms with E-state index in [4.69, 9.17) is 16.2 Å². The average molecular weight is 221 g/mol. The maximum Gasteiger partial charge on any atom is 0.330 e. The van der Waals surface area contributed by atoms with Crippen molar-refractivity contribution in [3.8, 4) is 0 Å². The molecule has 0 aromatic carbocycles. The van der Waals surface area contributed by atoms with Crippen LogP contribution in [0.2, 0.25) is 19.1 Å². The predicted octanol–water partition coefficient (Wildman–Crippen LogP) is 3.24. The second kappa shape index (κ2) is 5.45. The highest BCUT2D eigenvalue weighted by molar-refractivity contribution is 7.19. The van der Waals surface area contributed by atoms with Crippen molar-refractivity contribution in [1.29, 1.82) is 0 Å². The Hall–Kier alpha value is -0.283. The van der Waals surface area contributed by atoms with Gasteiger partial charge in [0.1, 0.15) is 0 Å². The third-order valence-electron chi connectivity index (χ3n) is 1.76. The SMILES string of the molecule is C/C(=C\CCC[Si](C)(C)Cl)C(=O)O. The van der Waals surface area contributed by atoms with Crippen molar-refractivity contribution in [1.82, 2.24) is 0 Å². The van der Waals surface area contributed by atoms with Crippen molar-refractivity contribution < 1.29 is 9.90 Å². The van der Waals surface area contributed by atoms with Gasteiger partial charge >= 0.3 is 5.97 Å². The zero-order chi connectivity index (χ0) is 10.5. The van der Waals surface area contributed by atoms with Gasteiger partial charge in [0.25, 0.3) is 0 Å². The lowest BCUT2D eigenvalue weighted by molar-refractivity contribution is -0.132. The first-order valence-corrected chi connectivity index (χ1v) is 8.64. The molecule has 0 rings (SSSR count). The molecule has 0 amide bonds. The number of allylic oxidation sites excluding steroid dienone is 1. The summed E-state index contributed by atoms with van der Waals surface area (Å²) in [5, 5.41) is 8.56. The van der Waals surface area contributed by atoms with E-state index in [1.165, 1.54) is 0 Å². The zero-order valence-corrected chi connectivity index (χ0v) is 10.2. The molecule has 0 unspecified atom stereocenters. The molecule has 0 saturated carbocycles. The van der Waals surface area contributed by atoms with E-state index < -0.39 is 13.4 Å². The van der Waals surface area contributed by atoms with Crippen molar-refractivity contribution in [2.24, 2.45) is 0 Å². The molecule has 0 fully saturated rings. The minimum atomic E-state index is -1.46. The topological polar surface area (TPSA) is 37.3 Å². The summed E-state index contributed by atoms with van der Waals surface area (Å²) in [5.41, 5.74) is 0.425. The van der Waals surface area contributed by atoms with Crippen molar-refractivity contribution in [2.45, 2.75) is 38.9 Å². The van der Waals surface area contributed by atoms with Crippen LogP contribution in [0, 0.1) is 0 Å². The minimum absolute atomic E-state index is 0.425. The molecule has 0 aliphatic heterocycles. The van der Waals surface area contributed by atoms with Crippen LogP contribution >= 0.6 is 11.1 Å². The summed E-state index contributed by atoms with van der Waals surface area (Å²) in [6.07, 6.45) is 3.58. The summed E-state index contributed by atoms with van der Waals surface area (Å²) in [5.74, 6) is -0.831. The Kier molecular flexibility index (Phi) is 5.33. The summed E-state index contributed by atoms with van der Waals surface area (Å²) in [6, 6.07) is 1.04. The molecule has 0 atom stereocenters. The number of hydrogen-bond donors (Lipinski definition) is 1. The fourth-order valence-corrected chi connectivity index (χ4v) is 2.37. The summed E-state index contributed by atoms with van der Waals surface area (Å²) >= 11 is 6.11. The Morgan fingerprint density at radius 1 is 1.54 bits per heavy atom. The van der Waals surface area contributed by atoms with Crippen LogP contribution in [0.15, 0.2) is 11.6 Å². The van der Waals surface area contributed by atoms with E-state index in [0.717, 1.165) is 18.9 Å². The van der Waals surface area contributed by atoms with Crippen molar-refractivity contribution in [3.63, 3.8) is 0 Å². The van der Waals surface area contributed by atoms with Crippen LogP contribution < -0.4 is 0 Å². The van der Waals surface area contributed by atoms with Crippen LogP contribution in [-0.2, 0) is 4.79 Å². The summed E-state index contributed by atoms with van der Waals surface area (Å²) < 4.78 is 0. The van der Waals surface area contributed by atoms with E-state index in [2.05, 4.69) is 13.1 Å². The second-order valence-corrected chi connectivity index (χ2v) is 10.8. The molecule has 0 saturated heterocycles. The monoisotopic (exact) mass is 220 g/mol. The lowest BCUT2D eigenvalue weighted by Crippen LogP contribution is -2.14.